The normalized spacial score (nSPS) is 9.75. The Kier molecular flexibility index (Phi) is 2.48. The lowest BCUT2D eigenvalue weighted by Crippen LogP contribution is -1.90. The number of H-pyrrole nitrogens is 1. The molecule has 2 rings (SSSR count). The monoisotopic (exact) mass is 215 g/mol. The van der Waals surface area contributed by atoms with Crippen LogP contribution < -0.4 is 5.73 Å². The first-order valence-corrected chi connectivity index (χ1v) is 4.61. The average Bonchev–Trinajstić information content (AvgIpc) is 2.60. The first-order valence-electron chi connectivity index (χ1n) is 4.61. The van der Waals surface area contributed by atoms with E-state index >= 15 is 0 Å². The molecule has 0 aliphatic rings. The predicted molar refractivity (Wildman–Crippen MR) is 59.6 cm³/mol. The van der Waals surface area contributed by atoms with Crippen LogP contribution in [-0.2, 0) is 4.79 Å². The van der Waals surface area contributed by atoms with Gasteiger partial charge in [-0.05, 0) is 18.2 Å². The van der Waals surface area contributed by atoms with Crippen molar-refractivity contribution in [3.05, 3.63) is 23.8 Å². The Morgan fingerprint density at radius 3 is 3.12 bits per heavy atom. The fourth-order valence-electron chi connectivity index (χ4n) is 1.34. The molecule has 1 heterocycles. The van der Waals surface area contributed by atoms with Crippen LogP contribution >= 0.6 is 0 Å². The Morgan fingerprint density at radius 2 is 2.38 bits per heavy atom. The molecular formula is C11H9N3O2. The fraction of sp³-hybridized carbons (Fsp3) is 0.0909. The molecule has 1 aromatic carbocycles. The Bertz CT molecular complexity index is 604. The largest absolute Gasteiger partial charge is 0.481 e. The molecular weight excluding hydrogens is 206 g/mol. The molecule has 0 spiro atoms. The first-order chi connectivity index (χ1) is 7.66. The van der Waals surface area contributed by atoms with Gasteiger partial charge in [0.25, 0.3) is 0 Å². The highest BCUT2D eigenvalue weighted by atomic mass is 16.4. The molecule has 0 aliphatic heterocycles. The number of carboxylic acid groups (broad SMARTS) is 1. The minimum atomic E-state index is -0.931. The van der Waals surface area contributed by atoms with Crippen LogP contribution in [0.4, 0.5) is 5.82 Å². The summed E-state index contributed by atoms with van der Waals surface area (Å²) < 4.78 is 0. The maximum atomic E-state index is 10.3. The standard InChI is InChI=1S/C11H9N3O2/c12-11-8-5-4-7(2-1-3-10(15)16)6-9(8)13-14-11/h4-6H,3H2,(H,15,16)(H3,12,13,14). The lowest BCUT2D eigenvalue weighted by molar-refractivity contribution is -0.135. The molecule has 0 fully saturated rings. The van der Waals surface area contributed by atoms with Crippen molar-refractivity contribution in [1.82, 2.24) is 10.2 Å². The van der Waals surface area contributed by atoms with Gasteiger partial charge in [0.05, 0.1) is 5.52 Å². The van der Waals surface area contributed by atoms with E-state index in [2.05, 4.69) is 22.0 Å². The van der Waals surface area contributed by atoms with E-state index < -0.39 is 5.97 Å². The van der Waals surface area contributed by atoms with E-state index in [1.54, 1.807) is 18.2 Å². The van der Waals surface area contributed by atoms with Crippen LogP contribution in [0.2, 0.25) is 0 Å². The summed E-state index contributed by atoms with van der Waals surface area (Å²) in [4.78, 5) is 10.3. The lowest BCUT2D eigenvalue weighted by atomic mass is 10.1. The zero-order valence-corrected chi connectivity index (χ0v) is 8.32. The smallest absolute Gasteiger partial charge is 0.315 e. The zero-order chi connectivity index (χ0) is 11.5. The molecule has 0 amide bonds. The maximum absolute atomic E-state index is 10.3. The van der Waals surface area contributed by atoms with Crippen LogP contribution in [0.3, 0.4) is 0 Å². The molecule has 5 heteroatoms. The summed E-state index contributed by atoms with van der Waals surface area (Å²) in [6.45, 7) is 0. The molecule has 5 nitrogen and oxygen atoms in total. The summed E-state index contributed by atoms with van der Waals surface area (Å²) in [5.41, 5.74) is 7.14. The number of nitrogens with one attached hydrogen (secondary N) is 1. The number of nitrogens with zero attached hydrogens (tertiary/aromatic N) is 1. The summed E-state index contributed by atoms with van der Waals surface area (Å²) in [6.07, 6.45) is -0.164. The number of nitrogen functional groups attached to an aromatic ring is 1. The van der Waals surface area contributed by atoms with Crippen molar-refractivity contribution in [2.45, 2.75) is 6.42 Å². The number of aromatic amines is 1. The Balaban J connectivity index is 2.31. The number of aromatic nitrogens is 2. The van der Waals surface area contributed by atoms with E-state index in [1.165, 1.54) is 0 Å². The summed E-state index contributed by atoms with van der Waals surface area (Å²) in [7, 11) is 0. The van der Waals surface area contributed by atoms with E-state index in [9.17, 15) is 4.79 Å². The molecule has 0 saturated heterocycles. The van der Waals surface area contributed by atoms with Gasteiger partial charge in [0.15, 0.2) is 5.82 Å². The molecule has 16 heavy (non-hydrogen) atoms. The molecule has 2 aromatic rings. The molecule has 80 valence electrons. The third-order valence-corrected chi connectivity index (χ3v) is 2.06. The fourth-order valence-corrected chi connectivity index (χ4v) is 1.34. The Labute approximate surface area is 91.3 Å². The van der Waals surface area contributed by atoms with Gasteiger partial charge in [-0.15, -0.1) is 0 Å². The predicted octanol–water partition coefficient (Wildman–Crippen LogP) is 0.971. The molecule has 0 radical (unpaired) electrons. The number of anilines is 1. The van der Waals surface area contributed by atoms with Crippen LogP contribution in [0.25, 0.3) is 10.9 Å². The Hall–Kier alpha value is -2.48. The minimum Gasteiger partial charge on any atom is -0.481 e. The molecule has 1 aromatic heterocycles. The quantitative estimate of drug-likeness (QED) is 0.618. The number of fused-ring (bicyclic) bond motifs is 1. The first kappa shape index (κ1) is 10.1. The topological polar surface area (TPSA) is 92.0 Å². The number of carboxylic acids is 1. The molecule has 0 unspecified atom stereocenters. The maximum Gasteiger partial charge on any atom is 0.315 e. The number of hydrogen-bond donors (Lipinski definition) is 3. The summed E-state index contributed by atoms with van der Waals surface area (Å²) in [6, 6.07) is 5.37. The molecule has 4 N–H and O–H groups in total. The van der Waals surface area contributed by atoms with Crippen molar-refractivity contribution in [2.24, 2.45) is 0 Å². The van der Waals surface area contributed by atoms with Gasteiger partial charge in [-0.3, -0.25) is 9.89 Å². The third-order valence-electron chi connectivity index (χ3n) is 2.06. The van der Waals surface area contributed by atoms with Crippen molar-refractivity contribution in [3.63, 3.8) is 0 Å². The minimum absolute atomic E-state index is 0.164. The van der Waals surface area contributed by atoms with Crippen LogP contribution in [0.1, 0.15) is 12.0 Å². The van der Waals surface area contributed by atoms with Crippen molar-refractivity contribution in [3.8, 4) is 11.8 Å². The lowest BCUT2D eigenvalue weighted by Gasteiger charge is -1.91. The molecule has 0 saturated carbocycles. The van der Waals surface area contributed by atoms with E-state index in [0.29, 0.717) is 5.82 Å². The number of nitrogens with two attached hydrogens (primary N) is 1. The number of hydrogen-bond acceptors (Lipinski definition) is 3. The van der Waals surface area contributed by atoms with E-state index in [0.717, 1.165) is 16.5 Å². The molecule has 0 aliphatic carbocycles. The molecule has 0 atom stereocenters. The van der Waals surface area contributed by atoms with Crippen molar-refractivity contribution >= 4 is 22.7 Å². The number of rotatable bonds is 1. The second kappa shape index (κ2) is 3.95. The van der Waals surface area contributed by atoms with Gasteiger partial charge < -0.3 is 10.8 Å². The Morgan fingerprint density at radius 1 is 1.56 bits per heavy atom. The van der Waals surface area contributed by atoms with Crippen molar-refractivity contribution in [1.29, 1.82) is 0 Å². The highest BCUT2D eigenvalue weighted by molar-refractivity contribution is 5.89. The van der Waals surface area contributed by atoms with Gasteiger partial charge in [0.2, 0.25) is 0 Å². The van der Waals surface area contributed by atoms with E-state index in [1.807, 2.05) is 0 Å². The van der Waals surface area contributed by atoms with Crippen LogP contribution in [0.5, 0.6) is 0 Å². The highest BCUT2D eigenvalue weighted by Gasteiger charge is 2.01. The van der Waals surface area contributed by atoms with Crippen molar-refractivity contribution < 1.29 is 9.90 Å². The summed E-state index contributed by atoms with van der Waals surface area (Å²) in [5, 5.41) is 15.9. The number of benzene rings is 1. The van der Waals surface area contributed by atoms with Crippen LogP contribution in [0, 0.1) is 11.8 Å². The average molecular weight is 215 g/mol. The van der Waals surface area contributed by atoms with Gasteiger partial charge in [-0.2, -0.15) is 5.10 Å². The van der Waals surface area contributed by atoms with Gasteiger partial charge in [-0.25, -0.2) is 0 Å². The number of carbonyl (C=O) groups is 1. The zero-order valence-electron chi connectivity index (χ0n) is 8.32. The summed E-state index contributed by atoms with van der Waals surface area (Å²) in [5.74, 6) is 4.83. The van der Waals surface area contributed by atoms with Gasteiger partial charge >= 0.3 is 5.97 Å². The van der Waals surface area contributed by atoms with Gasteiger partial charge in [0.1, 0.15) is 6.42 Å². The highest BCUT2D eigenvalue weighted by Crippen LogP contribution is 2.18. The van der Waals surface area contributed by atoms with Gasteiger partial charge in [-0.1, -0.05) is 11.8 Å². The van der Waals surface area contributed by atoms with Gasteiger partial charge in [0, 0.05) is 10.9 Å². The van der Waals surface area contributed by atoms with E-state index in [4.69, 9.17) is 10.8 Å². The van der Waals surface area contributed by atoms with Crippen LogP contribution in [-0.4, -0.2) is 21.3 Å². The third kappa shape index (κ3) is 1.96. The SMILES string of the molecule is Nc1n[nH]c2cc(C#CCC(=O)O)ccc12. The number of aliphatic carboxylic acids is 1. The summed E-state index contributed by atoms with van der Waals surface area (Å²) >= 11 is 0. The second-order valence-corrected chi connectivity index (χ2v) is 3.24. The van der Waals surface area contributed by atoms with E-state index in [-0.39, 0.29) is 6.42 Å². The second-order valence-electron chi connectivity index (χ2n) is 3.24. The van der Waals surface area contributed by atoms with Crippen LogP contribution in [0.15, 0.2) is 18.2 Å². The van der Waals surface area contributed by atoms with Crippen molar-refractivity contribution in [2.75, 3.05) is 5.73 Å². The molecule has 0 bridgehead atoms.